The Morgan fingerprint density at radius 2 is 1.74 bits per heavy atom. The maximum atomic E-state index is 12.6. The van der Waals surface area contributed by atoms with Crippen LogP contribution in [0.5, 0.6) is 0 Å². The molecule has 0 heterocycles. The van der Waals surface area contributed by atoms with E-state index < -0.39 is 11.4 Å². The predicted octanol–water partition coefficient (Wildman–Crippen LogP) is 4.44. The van der Waals surface area contributed by atoms with E-state index in [1.807, 2.05) is 6.92 Å². The van der Waals surface area contributed by atoms with Gasteiger partial charge in [0, 0.05) is 11.8 Å². The lowest BCUT2D eigenvalue weighted by atomic mass is 9.40. The van der Waals surface area contributed by atoms with Crippen molar-refractivity contribution >= 4 is 11.8 Å². The molecule has 0 aromatic heterocycles. The van der Waals surface area contributed by atoms with E-state index in [0.29, 0.717) is 11.7 Å². The van der Waals surface area contributed by atoms with Crippen LogP contribution in [0.25, 0.3) is 0 Å². The summed E-state index contributed by atoms with van der Waals surface area (Å²) in [7, 11) is 0. The van der Waals surface area contributed by atoms with Gasteiger partial charge < -0.3 is 5.11 Å². The molecule has 128 valence electrons. The van der Waals surface area contributed by atoms with Gasteiger partial charge in [-0.15, -0.1) is 0 Å². The Labute approximate surface area is 139 Å². The Hall–Kier alpha value is -0.860. The van der Waals surface area contributed by atoms with Gasteiger partial charge in [-0.3, -0.25) is 9.59 Å². The molecule has 0 amide bonds. The number of aliphatic carboxylic acids is 1. The topological polar surface area (TPSA) is 54.4 Å². The van der Waals surface area contributed by atoms with E-state index in [2.05, 4.69) is 13.8 Å². The van der Waals surface area contributed by atoms with Crippen molar-refractivity contribution in [2.45, 2.75) is 78.6 Å². The molecule has 0 radical (unpaired) electrons. The third-order valence-corrected chi connectivity index (χ3v) is 8.84. The number of rotatable bonds is 1. The second-order valence-electron chi connectivity index (χ2n) is 9.96. The summed E-state index contributed by atoms with van der Waals surface area (Å²) in [5.41, 5.74) is -0.357. The van der Waals surface area contributed by atoms with Crippen molar-refractivity contribution in [2.75, 3.05) is 0 Å². The van der Waals surface area contributed by atoms with Crippen molar-refractivity contribution in [3.8, 4) is 0 Å². The van der Waals surface area contributed by atoms with Crippen LogP contribution in [0.2, 0.25) is 0 Å². The van der Waals surface area contributed by atoms with E-state index in [1.165, 1.54) is 0 Å². The van der Waals surface area contributed by atoms with E-state index >= 15 is 0 Å². The van der Waals surface area contributed by atoms with Gasteiger partial charge in [-0.25, -0.2) is 0 Å². The Morgan fingerprint density at radius 3 is 2.43 bits per heavy atom. The van der Waals surface area contributed by atoms with Crippen LogP contribution in [0.1, 0.15) is 78.6 Å². The summed E-state index contributed by atoms with van der Waals surface area (Å²) in [4.78, 5) is 24.7. The zero-order valence-electron chi connectivity index (χ0n) is 14.8. The fourth-order valence-electron chi connectivity index (χ4n) is 7.76. The van der Waals surface area contributed by atoms with Gasteiger partial charge >= 0.3 is 5.97 Å². The third kappa shape index (κ3) is 1.77. The van der Waals surface area contributed by atoms with Gasteiger partial charge in [0.15, 0.2) is 0 Å². The highest BCUT2D eigenvalue weighted by molar-refractivity contribution is 5.88. The van der Waals surface area contributed by atoms with Crippen LogP contribution in [0.15, 0.2) is 0 Å². The molecule has 0 aliphatic heterocycles. The van der Waals surface area contributed by atoms with Crippen molar-refractivity contribution in [1.82, 2.24) is 0 Å². The molecule has 3 nitrogen and oxygen atoms in total. The van der Waals surface area contributed by atoms with Gasteiger partial charge in [-0.2, -0.15) is 0 Å². The largest absolute Gasteiger partial charge is 0.481 e. The smallest absolute Gasteiger partial charge is 0.309 e. The fourth-order valence-corrected chi connectivity index (χ4v) is 7.76. The Bertz CT molecular complexity index is 583. The number of fused-ring (bicyclic) bond motifs is 3. The van der Waals surface area contributed by atoms with Gasteiger partial charge in [0.05, 0.1) is 5.41 Å². The summed E-state index contributed by atoms with van der Waals surface area (Å²) >= 11 is 0. The average Bonchev–Trinajstić information content (AvgIpc) is 2.63. The van der Waals surface area contributed by atoms with E-state index in [4.69, 9.17) is 0 Å². The van der Waals surface area contributed by atoms with E-state index in [0.717, 1.165) is 57.8 Å². The predicted molar refractivity (Wildman–Crippen MR) is 87.9 cm³/mol. The molecule has 4 aliphatic carbocycles. The van der Waals surface area contributed by atoms with Gasteiger partial charge in [0.25, 0.3) is 0 Å². The molecule has 4 fully saturated rings. The van der Waals surface area contributed by atoms with Crippen molar-refractivity contribution < 1.29 is 14.7 Å². The number of carbonyl (C=O) groups excluding carboxylic acids is 1. The van der Waals surface area contributed by atoms with Crippen LogP contribution in [0, 0.1) is 33.5 Å². The molecular weight excluding hydrogens is 288 g/mol. The molecular formula is C20H30O3. The van der Waals surface area contributed by atoms with Gasteiger partial charge in [0.2, 0.25) is 0 Å². The molecule has 4 aliphatic rings. The van der Waals surface area contributed by atoms with Crippen molar-refractivity contribution in [2.24, 2.45) is 33.5 Å². The lowest BCUT2D eigenvalue weighted by Crippen LogP contribution is -2.58. The zero-order valence-corrected chi connectivity index (χ0v) is 14.8. The lowest BCUT2D eigenvalue weighted by molar-refractivity contribution is -0.182. The minimum absolute atomic E-state index is 0.0789. The quantitative estimate of drug-likeness (QED) is 0.777. The summed E-state index contributed by atoms with van der Waals surface area (Å²) < 4.78 is 0. The number of Topliss-reactive ketones (excluding diaryl/α,β-unsaturated/α-hetero) is 1. The molecule has 2 bridgehead atoms. The summed E-state index contributed by atoms with van der Waals surface area (Å²) in [6, 6.07) is 0. The maximum absolute atomic E-state index is 12.6. The van der Waals surface area contributed by atoms with Crippen LogP contribution < -0.4 is 0 Å². The average molecular weight is 318 g/mol. The summed E-state index contributed by atoms with van der Waals surface area (Å²) in [5, 5.41) is 9.91. The number of hydrogen-bond acceptors (Lipinski definition) is 2. The number of carboxylic acids is 1. The van der Waals surface area contributed by atoms with Crippen LogP contribution >= 0.6 is 0 Å². The molecule has 0 aromatic carbocycles. The number of carboxylic acid groups (broad SMARTS) is 1. The number of ketones is 1. The van der Waals surface area contributed by atoms with E-state index in [9.17, 15) is 14.7 Å². The first-order valence-corrected chi connectivity index (χ1v) is 9.43. The Kier molecular flexibility index (Phi) is 3.00. The summed E-state index contributed by atoms with van der Waals surface area (Å²) in [6.45, 7) is 6.54. The van der Waals surface area contributed by atoms with E-state index in [-0.39, 0.29) is 22.2 Å². The fraction of sp³-hybridized carbons (Fsp3) is 0.900. The monoisotopic (exact) mass is 318 g/mol. The third-order valence-electron chi connectivity index (χ3n) is 8.84. The molecule has 23 heavy (non-hydrogen) atoms. The maximum Gasteiger partial charge on any atom is 0.309 e. The first-order chi connectivity index (χ1) is 10.7. The van der Waals surface area contributed by atoms with Crippen molar-refractivity contribution in [3.63, 3.8) is 0 Å². The molecule has 6 atom stereocenters. The highest BCUT2D eigenvalue weighted by atomic mass is 16.4. The summed E-state index contributed by atoms with van der Waals surface area (Å²) in [5.74, 6) is 0.704. The molecule has 1 spiro atoms. The SMILES string of the molecule is CC1(C(=O)O)CCCC2(C)C3CC[C@@]4(C)C[C@]3(CC[C@H]12)CC4=O. The highest BCUT2D eigenvalue weighted by Crippen LogP contribution is 2.72. The number of carbonyl (C=O) groups is 2. The molecule has 0 aromatic rings. The Balaban J connectivity index is 1.76. The number of hydrogen-bond donors (Lipinski definition) is 1. The Morgan fingerprint density at radius 1 is 1.04 bits per heavy atom. The molecule has 0 saturated heterocycles. The van der Waals surface area contributed by atoms with Crippen LogP contribution in [0.3, 0.4) is 0 Å². The normalized spacial score (nSPS) is 55.2. The highest BCUT2D eigenvalue weighted by Gasteiger charge is 2.68. The van der Waals surface area contributed by atoms with Crippen molar-refractivity contribution in [1.29, 1.82) is 0 Å². The van der Waals surface area contributed by atoms with Crippen LogP contribution in [-0.2, 0) is 9.59 Å². The molecule has 4 saturated carbocycles. The lowest BCUT2D eigenvalue weighted by Gasteiger charge is -2.63. The van der Waals surface area contributed by atoms with Gasteiger partial charge in [-0.05, 0) is 74.5 Å². The van der Waals surface area contributed by atoms with Crippen molar-refractivity contribution in [3.05, 3.63) is 0 Å². The van der Waals surface area contributed by atoms with E-state index in [1.54, 1.807) is 0 Å². The molecule has 4 rings (SSSR count). The second-order valence-corrected chi connectivity index (χ2v) is 9.96. The van der Waals surface area contributed by atoms with Gasteiger partial charge in [0.1, 0.15) is 5.78 Å². The molecule has 3 unspecified atom stereocenters. The van der Waals surface area contributed by atoms with Crippen LogP contribution in [-0.4, -0.2) is 16.9 Å². The molecule has 1 N–H and O–H groups in total. The van der Waals surface area contributed by atoms with Gasteiger partial charge in [-0.1, -0.05) is 20.3 Å². The summed E-state index contributed by atoms with van der Waals surface area (Å²) in [6.07, 6.45) is 9.04. The first kappa shape index (κ1) is 15.7. The second kappa shape index (κ2) is 4.40. The minimum Gasteiger partial charge on any atom is -0.481 e. The standard InChI is InChI=1S/C20H30O3/c1-17-9-5-14-18(2)7-4-8-19(3,16(22)23)13(18)6-10-20(14,12-17)11-15(17)21/h13-14H,4-12H2,1-3H3,(H,22,23)/t13-,14?,17-,18?,19?,20-/m0/s1. The first-order valence-electron chi connectivity index (χ1n) is 9.43. The van der Waals surface area contributed by atoms with Crippen LogP contribution in [0.4, 0.5) is 0 Å². The minimum atomic E-state index is -0.604. The zero-order chi connectivity index (χ0) is 16.7. The molecule has 3 heteroatoms.